The van der Waals surface area contributed by atoms with Crippen molar-refractivity contribution < 1.29 is 8.42 Å². The van der Waals surface area contributed by atoms with Gasteiger partial charge in [-0.05, 0) is 24.3 Å². The van der Waals surface area contributed by atoms with Gasteiger partial charge in [0, 0.05) is 44.3 Å². The van der Waals surface area contributed by atoms with Gasteiger partial charge in [0.1, 0.15) is 6.07 Å². The number of nitrogens with zero attached hydrogens (tertiary/aromatic N) is 5. The minimum absolute atomic E-state index is 0.100. The second-order valence-electron chi connectivity index (χ2n) is 5.35. The van der Waals surface area contributed by atoms with Crippen LogP contribution in [-0.2, 0) is 10.0 Å². The Labute approximate surface area is 140 Å². The summed E-state index contributed by atoms with van der Waals surface area (Å²) in [6.45, 7) is 2.86. The van der Waals surface area contributed by atoms with Crippen LogP contribution in [0, 0.1) is 11.3 Å². The number of nitriles is 1. The highest BCUT2D eigenvalue weighted by Gasteiger charge is 2.21. The first kappa shape index (κ1) is 16.2. The van der Waals surface area contributed by atoms with E-state index in [-0.39, 0.29) is 4.90 Å². The third-order valence-corrected chi connectivity index (χ3v) is 4.82. The number of piperazine rings is 1. The molecular formula is C15H16N6O2S. The van der Waals surface area contributed by atoms with E-state index in [0.29, 0.717) is 24.6 Å². The zero-order valence-electron chi connectivity index (χ0n) is 12.8. The van der Waals surface area contributed by atoms with Gasteiger partial charge >= 0.3 is 0 Å². The summed E-state index contributed by atoms with van der Waals surface area (Å²) in [4.78, 5) is 12.6. The van der Waals surface area contributed by atoms with Gasteiger partial charge in [-0.25, -0.2) is 23.5 Å². The predicted octanol–water partition coefficient (Wildman–Crippen LogP) is 0.322. The number of benzene rings is 1. The van der Waals surface area contributed by atoms with Crippen LogP contribution >= 0.6 is 0 Å². The quantitative estimate of drug-likeness (QED) is 0.852. The summed E-state index contributed by atoms with van der Waals surface area (Å²) in [6, 6.07) is 8.57. The third kappa shape index (κ3) is 3.29. The molecule has 0 bridgehead atoms. The molecule has 0 saturated carbocycles. The highest BCUT2D eigenvalue weighted by molar-refractivity contribution is 7.89. The van der Waals surface area contributed by atoms with Crippen molar-refractivity contribution in [2.24, 2.45) is 5.14 Å². The molecule has 1 aliphatic rings. The van der Waals surface area contributed by atoms with Crippen molar-refractivity contribution >= 4 is 21.5 Å². The minimum Gasteiger partial charge on any atom is -0.368 e. The molecule has 0 atom stereocenters. The molecule has 9 heteroatoms. The maximum Gasteiger partial charge on any atom is 0.238 e. The molecular weight excluding hydrogens is 328 g/mol. The minimum atomic E-state index is -3.68. The molecule has 24 heavy (non-hydrogen) atoms. The highest BCUT2D eigenvalue weighted by atomic mass is 32.2. The zero-order valence-corrected chi connectivity index (χ0v) is 13.6. The zero-order chi connectivity index (χ0) is 17.2. The van der Waals surface area contributed by atoms with Crippen molar-refractivity contribution in [1.29, 1.82) is 5.26 Å². The number of hydrogen-bond acceptors (Lipinski definition) is 7. The number of sulfonamides is 1. The van der Waals surface area contributed by atoms with Crippen molar-refractivity contribution in [3.05, 3.63) is 42.4 Å². The highest BCUT2D eigenvalue weighted by Crippen LogP contribution is 2.21. The fourth-order valence-corrected chi connectivity index (χ4v) is 3.18. The molecule has 0 spiro atoms. The average Bonchev–Trinajstić information content (AvgIpc) is 2.61. The summed E-state index contributed by atoms with van der Waals surface area (Å²) in [6.07, 6.45) is 3.08. The Bertz CT molecular complexity index is 868. The first-order chi connectivity index (χ1) is 11.5. The monoisotopic (exact) mass is 344 g/mol. The van der Waals surface area contributed by atoms with E-state index in [1.54, 1.807) is 18.3 Å². The van der Waals surface area contributed by atoms with Crippen LogP contribution in [0.4, 0.5) is 11.5 Å². The third-order valence-electron chi connectivity index (χ3n) is 3.89. The van der Waals surface area contributed by atoms with E-state index in [0.717, 1.165) is 18.8 Å². The Morgan fingerprint density at radius 2 is 1.58 bits per heavy atom. The molecule has 0 aliphatic carbocycles. The van der Waals surface area contributed by atoms with Gasteiger partial charge < -0.3 is 9.80 Å². The molecule has 0 unspecified atom stereocenters. The molecule has 2 N–H and O–H groups in total. The van der Waals surface area contributed by atoms with Gasteiger partial charge in [0.25, 0.3) is 0 Å². The number of anilines is 2. The van der Waals surface area contributed by atoms with Crippen LogP contribution in [0.2, 0.25) is 0 Å². The Kier molecular flexibility index (Phi) is 4.33. The lowest BCUT2D eigenvalue weighted by atomic mass is 10.2. The maximum absolute atomic E-state index is 11.3. The summed E-state index contributed by atoms with van der Waals surface area (Å²) in [5.41, 5.74) is 1.25. The Morgan fingerprint density at radius 1 is 1.00 bits per heavy atom. The van der Waals surface area contributed by atoms with Crippen LogP contribution in [0.25, 0.3) is 0 Å². The predicted molar refractivity (Wildman–Crippen MR) is 89.0 cm³/mol. The summed E-state index contributed by atoms with van der Waals surface area (Å²) >= 11 is 0. The van der Waals surface area contributed by atoms with Crippen LogP contribution in [0.1, 0.15) is 5.69 Å². The first-order valence-electron chi connectivity index (χ1n) is 7.33. The van der Waals surface area contributed by atoms with Crippen LogP contribution in [-0.4, -0.2) is 44.6 Å². The van der Waals surface area contributed by atoms with Crippen molar-refractivity contribution in [2.75, 3.05) is 36.0 Å². The molecule has 8 nitrogen and oxygen atoms in total. The molecule has 1 aliphatic heterocycles. The van der Waals surface area contributed by atoms with Crippen LogP contribution in [0.15, 0.2) is 41.6 Å². The SMILES string of the molecule is N#Cc1nccnc1N1CCN(c2ccc(S(N)(=O)=O)cc2)CC1. The van der Waals surface area contributed by atoms with Crippen LogP contribution < -0.4 is 14.9 Å². The molecule has 124 valence electrons. The normalized spacial score (nSPS) is 15.2. The van der Waals surface area contributed by atoms with E-state index < -0.39 is 10.0 Å². The molecule has 2 aromatic rings. The fraction of sp³-hybridized carbons (Fsp3) is 0.267. The number of primary sulfonamides is 1. The molecule has 3 rings (SSSR count). The van der Waals surface area contributed by atoms with Crippen molar-refractivity contribution in [3.63, 3.8) is 0 Å². The number of nitrogens with two attached hydrogens (primary N) is 1. The van der Waals surface area contributed by atoms with Gasteiger partial charge in [0.2, 0.25) is 10.0 Å². The van der Waals surface area contributed by atoms with E-state index in [1.807, 2.05) is 4.90 Å². The number of hydrogen-bond donors (Lipinski definition) is 1. The number of rotatable bonds is 3. The van der Waals surface area contributed by atoms with E-state index in [1.165, 1.54) is 18.3 Å². The van der Waals surface area contributed by atoms with Gasteiger partial charge in [-0.15, -0.1) is 0 Å². The maximum atomic E-state index is 11.3. The van der Waals surface area contributed by atoms with E-state index in [2.05, 4.69) is 20.9 Å². The summed E-state index contributed by atoms with van der Waals surface area (Å²) in [5.74, 6) is 0.601. The van der Waals surface area contributed by atoms with Crippen molar-refractivity contribution in [2.45, 2.75) is 4.90 Å². The summed E-state index contributed by atoms with van der Waals surface area (Å²) in [5, 5.41) is 14.2. The average molecular weight is 344 g/mol. The Morgan fingerprint density at radius 3 is 2.17 bits per heavy atom. The topological polar surface area (TPSA) is 116 Å². The smallest absolute Gasteiger partial charge is 0.238 e. The summed E-state index contributed by atoms with van der Waals surface area (Å²) in [7, 11) is -3.68. The Hall–Kier alpha value is -2.70. The van der Waals surface area contributed by atoms with E-state index in [4.69, 9.17) is 10.4 Å². The van der Waals surface area contributed by atoms with Gasteiger partial charge in [-0.1, -0.05) is 0 Å². The van der Waals surface area contributed by atoms with E-state index >= 15 is 0 Å². The van der Waals surface area contributed by atoms with Crippen molar-refractivity contribution in [3.8, 4) is 6.07 Å². The van der Waals surface area contributed by atoms with Gasteiger partial charge in [-0.3, -0.25) is 0 Å². The first-order valence-corrected chi connectivity index (χ1v) is 8.87. The molecule has 1 fully saturated rings. The molecule has 1 saturated heterocycles. The van der Waals surface area contributed by atoms with Crippen molar-refractivity contribution in [1.82, 2.24) is 9.97 Å². The molecule has 0 radical (unpaired) electrons. The second-order valence-corrected chi connectivity index (χ2v) is 6.91. The summed E-state index contributed by atoms with van der Waals surface area (Å²) < 4.78 is 22.6. The second kappa shape index (κ2) is 6.43. The van der Waals surface area contributed by atoms with Crippen LogP contribution in [0.5, 0.6) is 0 Å². The molecule has 2 heterocycles. The number of aromatic nitrogens is 2. The Balaban J connectivity index is 1.70. The van der Waals surface area contributed by atoms with E-state index in [9.17, 15) is 8.42 Å². The lowest BCUT2D eigenvalue weighted by molar-refractivity contribution is 0.597. The van der Waals surface area contributed by atoms with Gasteiger partial charge in [-0.2, -0.15) is 5.26 Å². The van der Waals surface area contributed by atoms with Crippen LogP contribution in [0.3, 0.4) is 0 Å². The largest absolute Gasteiger partial charge is 0.368 e. The molecule has 1 aromatic carbocycles. The molecule has 1 aromatic heterocycles. The van der Waals surface area contributed by atoms with Gasteiger partial charge in [0.05, 0.1) is 4.90 Å². The van der Waals surface area contributed by atoms with Gasteiger partial charge in [0.15, 0.2) is 11.5 Å². The standard InChI is InChI=1S/C15H16N6O2S/c16-11-14-15(19-6-5-18-14)21-9-7-20(8-10-21)12-1-3-13(4-2-12)24(17,22)23/h1-6H,7-10H2,(H2,17,22,23). The molecule has 0 amide bonds. The lowest BCUT2D eigenvalue weighted by Crippen LogP contribution is -2.47. The lowest BCUT2D eigenvalue weighted by Gasteiger charge is -2.36. The fourth-order valence-electron chi connectivity index (χ4n) is 2.66.